The maximum atomic E-state index is 12.7. The maximum Gasteiger partial charge on any atom is 0.276 e. The molecule has 0 unspecified atom stereocenters. The Labute approximate surface area is 168 Å². The van der Waals surface area contributed by atoms with Crippen LogP contribution in [0.2, 0.25) is 0 Å². The molecular formula is C22H21N3O4. The highest BCUT2D eigenvalue weighted by molar-refractivity contribution is 6.03. The van der Waals surface area contributed by atoms with E-state index in [2.05, 4.69) is 16.5 Å². The molecule has 0 fully saturated rings. The Kier molecular flexibility index (Phi) is 4.24. The molecule has 3 aromatic rings. The first kappa shape index (κ1) is 17.8. The number of benzene rings is 2. The van der Waals surface area contributed by atoms with E-state index in [1.807, 2.05) is 48.9 Å². The minimum atomic E-state index is -0.225. The van der Waals surface area contributed by atoms with E-state index >= 15 is 0 Å². The van der Waals surface area contributed by atoms with Crippen molar-refractivity contribution in [2.24, 2.45) is 0 Å². The molecule has 7 nitrogen and oxygen atoms in total. The number of carbonyl (C=O) groups is 1. The highest BCUT2D eigenvalue weighted by atomic mass is 16.7. The maximum absolute atomic E-state index is 12.7. The summed E-state index contributed by atoms with van der Waals surface area (Å²) in [7, 11) is 0. The predicted octanol–water partition coefficient (Wildman–Crippen LogP) is 3.75. The van der Waals surface area contributed by atoms with Crippen molar-refractivity contribution in [2.45, 2.75) is 33.1 Å². The van der Waals surface area contributed by atoms with Gasteiger partial charge in [0.15, 0.2) is 17.2 Å². The van der Waals surface area contributed by atoms with Gasteiger partial charge in [0, 0.05) is 5.69 Å². The van der Waals surface area contributed by atoms with Crippen molar-refractivity contribution < 1.29 is 19.0 Å². The molecule has 1 N–H and O–H groups in total. The summed E-state index contributed by atoms with van der Waals surface area (Å²) < 4.78 is 18.7. The van der Waals surface area contributed by atoms with Gasteiger partial charge in [0.1, 0.15) is 6.10 Å². The van der Waals surface area contributed by atoms with Crippen molar-refractivity contribution >= 4 is 11.6 Å². The molecule has 0 spiro atoms. The number of amides is 1. The van der Waals surface area contributed by atoms with Gasteiger partial charge in [-0.25, -0.2) is 0 Å². The average molecular weight is 391 g/mol. The summed E-state index contributed by atoms with van der Waals surface area (Å²) in [6.07, 6.45) is -0.160. The Bertz CT molecular complexity index is 1090. The minimum Gasteiger partial charge on any atom is -0.454 e. The number of aryl methyl sites for hydroxylation is 2. The van der Waals surface area contributed by atoms with Crippen LogP contribution in [0, 0.1) is 13.8 Å². The first-order chi connectivity index (χ1) is 14.0. The highest BCUT2D eigenvalue weighted by Gasteiger charge is 2.26. The van der Waals surface area contributed by atoms with E-state index in [-0.39, 0.29) is 18.8 Å². The fraction of sp³-hybridized carbons (Fsp3) is 0.273. The summed E-state index contributed by atoms with van der Waals surface area (Å²) in [4.78, 5) is 12.7. The number of fused-ring (bicyclic) bond motifs is 2. The summed E-state index contributed by atoms with van der Waals surface area (Å²) in [5.74, 6) is 1.25. The van der Waals surface area contributed by atoms with E-state index in [0.29, 0.717) is 18.8 Å². The van der Waals surface area contributed by atoms with Crippen molar-refractivity contribution in [3.63, 3.8) is 0 Å². The third kappa shape index (κ3) is 3.45. The van der Waals surface area contributed by atoms with E-state index in [0.717, 1.165) is 39.6 Å². The number of ether oxygens (including phenoxy) is 3. The lowest BCUT2D eigenvalue weighted by atomic mass is 10.1. The molecule has 7 heteroatoms. The molecule has 2 aromatic carbocycles. The number of carbonyl (C=O) groups excluding carboxylic acids is 1. The van der Waals surface area contributed by atoms with Crippen molar-refractivity contribution in [1.82, 2.24) is 9.78 Å². The van der Waals surface area contributed by atoms with Crippen LogP contribution in [0.4, 0.5) is 5.69 Å². The minimum absolute atomic E-state index is 0.160. The third-order valence-corrected chi connectivity index (χ3v) is 5.12. The van der Waals surface area contributed by atoms with E-state index in [4.69, 9.17) is 14.2 Å². The summed E-state index contributed by atoms with van der Waals surface area (Å²) >= 11 is 0. The van der Waals surface area contributed by atoms with Crippen molar-refractivity contribution in [3.05, 3.63) is 70.5 Å². The zero-order chi connectivity index (χ0) is 20.0. The predicted molar refractivity (Wildman–Crippen MR) is 106 cm³/mol. The number of rotatable bonds is 3. The van der Waals surface area contributed by atoms with Crippen LogP contribution in [0.25, 0.3) is 0 Å². The van der Waals surface area contributed by atoms with Crippen LogP contribution in [0.15, 0.2) is 42.5 Å². The van der Waals surface area contributed by atoms with Crippen LogP contribution in [0.3, 0.4) is 0 Å². The van der Waals surface area contributed by atoms with Gasteiger partial charge < -0.3 is 19.5 Å². The Morgan fingerprint density at radius 3 is 2.69 bits per heavy atom. The number of anilines is 1. The summed E-state index contributed by atoms with van der Waals surface area (Å²) in [5.41, 5.74) is 5.24. The Balaban J connectivity index is 1.33. The standard InChI is InChI=1S/C22H21N3O4/c1-13-5-14(2)7-16(6-13)23-22(26)18-9-17-11-27-21(10-25(17)24-18)15-3-4-19-20(8-15)29-12-28-19/h3-9,21H,10-12H2,1-2H3,(H,23,26)/t21-/m0/s1. The quantitative estimate of drug-likeness (QED) is 0.736. The number of nitrogens with one attached hydrogen (secondary N) is 1. The van der Waals surface area contributed by atoms with E-state index in [9.17, 15) is 4.79 Å². The van der Waals surface area contributed by atoms with Gasteiger partial charge in [0.05, 0.1) is 18.8 Å². The molecule has 0 aliphatic carbocycles. The Morgan fingerprint density at radius 2 is 1.86 bits per heavy atom. The SMILES string of the molecule is Cc1cc(C)cc(NC(=O)c2cc3n(n2)C[C@@H](c2ccc4c(c2)OCO4)OC3)c1. The lowest BCUT2D eigenvalue weighted by molar-refractivity contribution is -0.00127. The molecule has 1 amide bonds. The molecule has 2 aliphatic heterocycles. The van der Waals surface area contributed by atoms with Gasteiger partial charge in [-0.2, -0.15) is 5.10 Å². The molecule has 0 bridgehead atoms. The lowest BCUT2D eigenvalue weighted by Gasteiger charge is -2.24. The van der Waals surface area contributed by atoms with Crippen LogP contribution in [0.1, 0.15) is 39.0 Å². The van der Waals surface area contributed by atoms with E-state index < -0.39 is 0 Å². The van der Waals surface area contributed by atoms with Gasteiger partial charge in [-0.15, -0.1) is 0 Å². The summed E-state index contributed by atoms with van der Waals surface area (Å²) in [5, 5.41) is 7.44. The third-order valence-electron chi connectivity index (χ3n) is 5.12. The molecule has 29 heavy (non-hydrogen) atoms. The molecule has 0 saturated heterocycles. The number of hydrogen-bond acceptors (Lipinski definition) is 5. The first-order valence-electron chi connectivity index (χ1n) is 9.53. The summed E-state index contributed by atoms with van der Waals surface area (Å²) in [6.45, 7) is 5.18. The Morgan fingerprint density at radius 1 is 1.07 bits per heavy atom. The second kappa shape index (κ2) is 6.93. The largest absolute Gasteiger partial charge is 0.454 e. The number of hydrogen-bond donors (Lipinski definition) is 1. The molecular weight excluding hydrogens is 370 g/mol. The fourth-order valence-corrected chi connectivity index (χ4v) is 3.79. The second-order valence-corrected chi connectivity index (χ2v) is 7.45. The molecule has 1 atom stereocenters. The van der Waals surface area contributed by atoms with Crippen LogP contribution in [-0.2, 0) is 17.9 Å². The van der Waals surface area contributed by atoms with Crippen LogP contribution < -0.4 is 14.8 Å². The fourth-order valence-electron chi connectivity index (χ4n) is 3.79. The lowest BCUT2D eigenvalue weighted by Crippen LogP contribution is -2.22. The molecule has 0 radical (unpaired) electrons. The second-order valence-electron chi connectivity index (χ2n) is 7.45. The van der Waals surface area contributed by atoms with E-state index in [1.54, 1.807) is 6.07 Å². The number of nitrogens with zero attached hydrogens (tertiary/aromatic N) is 2. The first-order valence-corrected chi connectivity index (χ1v) is 9.53. The van der Waals surface area contributed by atoms with Gasteiger partial charge in [-0.05, 0) is 60.9 Å². The molecule has 148 valence electrons. The summed E-state index contributed by atoms with van der Waals surface area (Å²) in [6, 6.07) is 13.5. The van der Waals surface area contributed by atoms with Gasteiger partial charge in [0.25, 0.3) is 5.91 Å². The van der Waals surface area contributed by atoms with Crippen molar-refractivity contribution in [2.75, 3.05) is 12.1 Å². The monoisotopic (exact) mass is 391 g/mol. The zero-order valence-corrected chi connectivity index (χ0v) is 16.3. The molecule has 1 aromatic heterocycles. The van der Waals surface area contributed by atoms with Gasteiger partial charge >= 0.3 is 0 Å². The molecule has 0 saturated carbocycles. The van der Waals surface area contributed by atoms with E-state index in [1.165, 1.54) is 0 Å². The molecule has 5 rings (SSSR count). The van der Waals surface area contributed by atoms with Crippen molar-refractivity contribution in [3.8, 4) is 11.5 Å². The van der Waals surface area contributed by atoms with Crippen molar-refractivity contribution in [1.29, 1.82) is 0 Å². The van der Waals surface area contributed by atoms with Gasteiger partial charge in [0.2, 0.25) is 6.79 Å². The van der Waals surface area contributed by atoms with Gasteiger partial charge in [-0.3, -0.25) is 9.48 Å². The Hall–Kier alpha value is -3.32. The van der Waals surface area contributed by atoms with Crippen LogP contribution in [0.5, 0.6) is 11.5 Å². The van der Waals surface area contributed by atoms with Crippen LogP contribution >= 0.6 is 0 Å². The average Bonchev–Trinajstić information content (AvgIpc) is 3.32. The number of aromatic nitrogens is 2. The highest BCUT2D eigenvalue weighted by Crippen LogP contribution is 2.36. The van der Waals surface area contributed by atoms with Gasteiger partial charge in [-0.1, -0.05) is 12.1 Å². The zero-order valence-electron chi connectivity index (χ0n) is 16.3. The van der Waals surface area contributed by atoms with Crippen LogP contribution in [-0.4, -0.2) is 22.5 Å². The topological polar surface area (TPSA) is 74.6 Å². The normalized spacial score (nSPS) is 17.1. The smallest absolute Gasteiger partial charge is 0.276 e. The molecule has 3 heterocycles. The molecule has 2 aliphatic rings.